The lowest BCUT2D eigenvalue weighted by Crippen LogP contribution is -2.52. The Morgan fingerprint density at radius 3 is 2.83 bits per heavy atom. The number of hydrogen-bond acceptors (Lipinski definition) is 4. The molecule has 0 bridgehead atoms. The molecule has 0 aliphatic carbocycles. The largest absolute Gasteiger partial charge is 0.481 e. The van der Waals surface area contributed by atoms with E-state index in [1.54, 1.807) is 4.90 Å². The predicted molar refractivity (Wildman–Crippen MR) is 64.2 cm³/mol. The number of aliphatic carboxylic acids is 1. The van der Waals surface area contributed by atoms with E-state index < -0.39 is 11.4 Å². The first-order chi connectivity index (χ1) is 8.59. The summed E-state index contributed by atoms with van der Waals surface area (Å²) in [6.45, 7) is 4.37. The van der Waals surface area contributed by atoms with Crippen molar-refractivity contribution >= 4 is 11.9 Å². The first-order valence-electron chi connectivity index (χ1n) is 6.42. The Labute approximate surface area is 106 Å². The molecule has 2 atom stereocenters. The molecule has 0 aromatic carbocycles. The van der Waals surface area contributed by atoms with Crippen LogP contribution in [0.4, 0.5) is 0 Å². The molecule has 0 radical (unpaired) electrons. The minimum absolute atomic E-state index is 0.0359. The number of carbonyl (C=O) groups excluding carboxylic acids is 1. The van der Waals surface area contributed by atoms with Gasteiger partial charge < -0.3 is 20.1 Å². The van der Waals surface area contributed by atoms with E-state index in [-0.39, 0.29) is 11.9 Å². The molecule has 102 valence electrons. The summed E-state index contributed by atoms with van der Waals surface area (Å²) in [5.41, 5.74) is -0.759. The zero-order chi connectivity index (χ0) is 13.2. The number of nitrogens with one attached hydrogen (secondary N) is 1. The van der Waals surface area contributed by atoms with E-state index in [0.717, 1.165) is 0 Å². The van der Waals surface area contributed by atoms with Crippen LogP contribution in [0.1, 0.15) is 19.8 Å². The van der Waals surface area contributed by atoms with Crippen LogP contribution in [0.5, 0.6) is 0 Å². The van der Waals surface area contributed by atoms with Crippen molar-refractivity contribution < 1.29 is 19.4 Å². The van der Waals surface area contributed by atoms with E-state index in [1.165, 1.54) is 0 Å². The number of hydrogen-bond donors (Lipinski definition) is 2. The number of ether oxygens (including phenoxy) is 1. The smallest absolute Gasteiger partial charge is 0.311 e. The Morgan fingerprint density at radius 2 is 2.33 bits per heavy atom. The lowest BCUT2D eigenvalue weighted by atomic mass is 9.84. The molecule has 2 heterocycles. The number of rotatable bonds is 3. The van der Waals surface area contributed by atoms with Gasteiger partial charge in [0.2, 0.25) is 5.91 Å². The zero-order valence-electron chi connectivity index (χ0n) is 10.6. The minimum Gasteiger partial charge on any atom is -0.481 e. The highest BCUT2D eigenvalue weighted by Crippen LogP contribution is 2.34. The van der Waals surface area contributed by atoms with E-state index in [9.17, 15) is 14.7 Å². The summed E-state index contributed by atoms with van der Waals surface area (Å²) in [5.74, 6) is -0.834. The molecule has 0 aromatic rings. The van der Waals surface area contributed by atoms with Gasteiger partial charge in [0.25, 0.3) is 0 Å². The second-order valence-electron chi connectivity index (χ2n) is 5.03. The fourth-order valence-electron chi connectivity index (χ4n) is 2.62. The maximum Gasteiger partial charge on any atom is 0.311 e. The van der Waals surface area contributed by atoms with Crippen molar-refractivity contribution in [3.05, 3.63) is 0 Å². The van der Waals surface area contributed by atoms with Crippen LogP contribution in [0, 0.1) is 5.41 Å². The third-order valence-electron chi connectivity index (χ3n) is 4.02. The summed E-state index contributed by atoms with van der Waals surface area (Å²) >= 11 is 0. The normalized spacial score (nSPS) is 32.5. The molecule has 2 aliphatic rings. The molecule has 0 saturated carbocycles. The van der Waals surface area contributed by atoms with Crippen molar-refractivity contribution in [1.82, 2.24) is 10.2 Å². The third-order valence-corrected chi connectivity index (χ3v) is 4.02. The highest BCUT2D eigenvalue weighted by molar-refractivity contribution is 5.84. The van der Waals surface area contributed by atoms with Crippen LogP contribution in [0.3, 0.4) is 0 Å². The van der Waals surface area contributed by atoms with E-state index in [2.05, 4.69) is 5.32 Å². The average molecular weight is 256 g/mol. The van der Waals surface area contributed by atoms with Crippen LogP contribution in [-0.4, -0.2) is 60.8 Å². The molecule has 0 aromatic heterocycles. The number of morpholine rings is 1. The molecule has 2 fully saturated rings. The summed E-state index contributed by atoms with van der Waals surface area (Å²) < 4.78 is 5.26. The maximum absolute atomic E-state index is 12.2. The molecule has 1 amide bonds. The molecule has 6 nitrogen and oxygen atoms in total. The fourth-order valence-corrected chi connectivity index (χ4v) is 2.62. The molecular formula is C12H20N2O4. The van der Waals surface area contributed by atoms with Gasteiger partial charge in [-0.25, -0.2) is 0 Å². The van der Waals surface area contributed by atoms with Gasteiger partial charge in [0.15, 0.2) is 0 Å². The first kappa shape index (κ1) is 13.3. The Balaban J connectivity index is 1.99. The SMILES string of the molecule is CCC1(C(=O)O)CCN(C(=O)C2COCCN2)C1. The van der Waals surface area contributed by atoms with Crippen molar-refractivity contribution in [2.45, 2.75) is 25.8 Å². The molecule has 0 spiro atoms. The third kappa shape index (κ3) is 2.35. The summed E-state index contributed by atoms with van der Waals surface area (Å²) in [6, 6.07) is -0.319. The molecule has 6 heteroatoms. The number of nitrogens with zero attached hydrogens (tertiary/aromatic N) is 1. The van der Waals surface area contributed by atoms with E-state index in [4.69, 9.17) is 4.74 Å². The average Bonchev–Trinajstić information content (AvgIpc) is 2.84. The summed E-state index contributed by atoms with van der Waals surface area (Å²) in [6.07, 6.45) is 1.10. The molecule has 18 heavy (non-hydrogen) atoms. The van der Waals surface area contributed by atoms with Crippen molar-refractivity contribution in [1.29, 1.82) is 0 Å². The predicted octanol–water partition coefficient (Wildman–Crippen LogP) is -0.312. The highest BCUT2D eigenvalue weighted by Gasteiger charge is 2.45. The Bertz CT molecular complexity index is 341. The van der Waals surface area contributed by atoms with Gasteiger partial charge >= 0.3 is 5.97 Å². The van der Waals surface area contributed by atoms with Gasteiger partial charge in [0.05, 0.1) is 18.6 Å². The number of likely N-dealkylation sites (tertiary alicyclic amines) is 1. The van der Waals surface area contributed by atoms with Crippen molar-refractivity contribution in [2.24, 2.45) is 5.41 Å². The van der Waals surface area contributed by atoms with Gasteiger partial charge in [-0.2, -0.15) is 0 Å². The maximum atomic E-state index is 12.2. The lowest BCUT2D eigenvalue weighted by molar-refractivity contribution is -0.149. The first-order valence-corrected chi connectivity index (χ1v) is 6.42. The standard InChI is InChI=1S/C12H20N2O4/c1-2-12(11(16)17)3-5-14(8-12)10(15)9-7-18-6-4-13-9/h9,13H,2-8H2,1H3,(H,16,17). The summed E-state index contributed by atoms with van der Waals surface area (Å²) in [7, 11) is 0. The Morgan fingerprint density at radius 1 is 1.56 bits per heavy atom. The van der Waals surface area contributed by atoms with Crippen LogP contribution >= 0.6 is 0 Å². The summed E-state index contributed by atoms with van der Waals surface area (Å²) in [5, 5.41) is 12.4. The van der Waals surface area contributed by atoms with E-state index in [0.29, 0.717) is 45.7 Å². The lowest BCUT2D eigenvalue weighted by Gasteiger charge is -2.28. The van der Waals surface area contributed by atoms with Crippen LogP contribution in [-0.2, 0) is 14.3 Å². The molecule has 2 unspecified atom stereocenters. The minimum atomic E-state index is -0.798. The second kappa shape index (κ2) is 5.24. The van der Waals surface area contributed by atoms with Gasteiger partial charge in [-0.3, -0.25) is 9.59 Å². The van der Waals surface area contributed by atoms with Crippen molar-refractivity contribution in [2.75, 3.05) is 32.8 Å². The molecule has 2 aliphatic heterocycles. The number of carbonyl (C=O) groups is 2. The van der Waals surface area contributed by atoms with Crippen LogP contribution in [0.2, 0.25) is 0 Å². The molecule has 2 rings (SSSR count). The Hall–Kier alpha value is -1.14. The monoisotopic (exact) mass is 256 g/mol. The number of carboxylic acids is 1. The second-order valence-corrected chi connectivity index (χ2v) is 5.03. The molecule has 2 saturated heterocycles. The van der Waals surface area contributed by atoms with Gasteiger partial charge in [-0.1, -0.05) is 6.92 Å². The van der Waals surface area contributed by atoms with Gasteiger partial charge in [0, 0.05) is 19.6 Å². The topological polar surface area (TPSA) is 78.9 Å². The summed E-state index contributed by atoms with van der Waals surface area (Å²) in [4.78, 5) is 25.2. The van der Waals surface area contributed by atoms with Gasteiger partial charge in [-0.05, 0) is 12.8 Å². The van der Waals surface area contributed by atoms with Crippen molar-refractivity contribution in [3.8, 4) is 0 Å². The van der Waals surface area contributed by atoms with Crippen molar-refractivity contribution in [3.63, 3.8) is 0 Å². The quantitative estimate of drug-likeness (QED) is 0.724. The Kier molecular flexibility index (Phi) is 3.87. The highest BCUT2D eigenvalue weighted by atomic mass is 16.5. The van der Waals surface area contributed by atoms with Gasteiger partial charge in [0.1, 0.15) is 6.04 Å². The van der Waals surface area contributed by atoms with Crippen LogP contribution < -0.4 is 5.32 Å². The fraction of sp³-hybridized carbons (Fsp3) is 0.833. The van der Waals surface area contributed by atoms with E-state index >= 15 is 0 Å². The number of carboxylic acid groups (broad SMARTS) is 1. The van der Waals surface area contributed by atoms with E-state index in [1.807, 2.05) is 6.92 Å². The van der Waals surface area contributed by atoms with Crippen LogP contribution in [0.15, 0.2) is 0 Å². The zero-order valence-corrected chi connectivity index (χ0v) is 10.6. The number of amides is 1. The molecule has 2 N–H and O–H groups in total. The molecular weight excluding hydrogens is 236 g/mol. The van der Waals surface area contributed by atoms with Gasteiger partial charge in [-0.15, -0.1) is 0 Å². The van der Waals surface area contributed by atoms with Crippen LogP contribution in [0.25, 0.3) is 0 Å².